The van der Waals surface area contributed by atoms with Crippen LogP contribution in [0.4, 0.5) is 0 Å². The van der Waals surface area contributed by atoms with Crippen LogP contribution in [0.15, 0.2) is 10.8 Å². The molecule has 0 saturated carbocycles. The quantitative estimate of drug-likeness (QED) is 0.553. The minimum atomic E-state index is -2.79. The maximum Gasteiger partial charge on any atom is 0.251 e. The SMILES string of the molecule is [2H]c1c(C([2H])([2H])[2H])nc(C([2H])([2H])[2H])[nH]c1=O. The Hall–Kier alpha value is -1.12. The number of rotatable bonds is 0. The Morgan fingerprint density at radius 3 is 3.44 bits per heavy atom. The van der Waals surface area contributed by atoms with E-state index in [1.54, 1.807) is 0 Å². The molecule has 0 saturated heterocycles. The summed E-state index contributed by atoms with van der Waals surface area (Å²) in [6, 6.07) is -0.840. The number of hydrogen-bond acceptors (Lipinski definition) is 2. The van der Waals surface area contributed by atoms with E-state index in [1.165, 1.54) is 0 Å². The molecule has 0 amide bonds. The van der Waals surface area contributed by atoms with Crippen LogP contribution in [0.3, 0.4) is 0 Å². The number of H-pyrrole nitrogens is 1. The number of aryl methyl sites for hydroxylation is 2. The first-order chi connectivity index (χ1) is 7.03. The molecule has 0 aliphatic rings. The van der Waals surface area contributed by atoms with Crippen molar-refractivity contribution >= 4 is 0 Å². The van der Waals surface area contributed by atoms with Gasteiger partial charge in [-0.05, 0) is 13.7 Å². The van der Waals surface area contributed by atoms with Crippen LogP contribution in [0, 0.1) is 13.7 Å². The summed E-state index contributed by atoms with van der Waals surface area (Å²) in [5, 5.41) is 0. The van der Waals surface area contributed by atoms with Gasteiger partial charge in [0, 0.05) is 20.0 Å². The molecule has 0 unspecified atom stereocenters. The van der Waals surface area contributed by atoms with Crippen LogP contribution in [0.1, 0.15) is 21.1 Å². The van der Waals surface area contributed by atoms with Crippen LogP contribution in [0.5, 0.6) is 0 Å². The highest BCUT2D eigenvalue weighted by Crippen LogP contribution is 1.84. The Labute approximate surface area is 62.6 Å². The van der Waals surface area contributed by atoms with Crippen LogP contribution in [0.2, 0.25) is 0 Å². The Morgan fingerprint density at radius 2 is 2.78 bits per heavy atom. The molecule has 0 bridgehead atoms. The summed E-state index contributed by atoms with van der Waals surface area (Å²) in [6.07, 6.45) is 0. The van der Waals surface area contributed by atoms with E-state index >= 15 is 0 Å². The average molecular weight is 131 g/mol. The lowest BCUT2D eigenvalue weighted by Crippen LogP contribution is -2.08. The summed E-state index contributed by atoms with van der Waals surface area (Å²) < 4.78 is 49.3. The van der Waals surface area contributed by atoms with Crippen molar-refractivity contribution in [3.8, 4) is 0 Å². The molecule has 3 nitrogen and oxygen atoms in total. The summed E-state index contributed by atoms with van der Waals surface area (Å²) in [7, 11) is 0. The smallest absolute Gasteiger partial charge is 0.251 e. The molecule has 3 heteroatoms. The first kappa shape index (κ1) is 1.68. The van der Waals surface area contributed by atoms with Gasteiger partial charge >= 0.3 is 0 Å². The van der Waals surface area contributed by atoms with Crippen LogP contribution >= 0.6 is 0 Å². The van der Waals surface area contributed by atoms with Crippen molar-refractivity contribution in [1.82, 2.24) is 9.97 Å². The van der Waals surface area contributed by atoms with Crippen LogP contribution in [-0.2, 0) is 0 Å². The van der Waals surface area contributed by atoms with E-state index in [9.17, 15) is 4.79 Å². The minimum Gasteiger partial charge on any atom is -0.311 e. The fraction of sp³-hybridized carbons (Fsp3) is 0.333. The average Bonchev–Trinajstić information content (AvgIpc) is 2.05. The lowest BCUT2D eigenvalue weighted by Gasteiger charge is -1.90. The van der Waals surface area contributed by atoms with Gasteiger partial charge in [-0.3, -0.25) is 4.79 Å². The maximum absolute atomic E-state index is 11.2. The van der Waals surface area contributed by atoms with Gasteiger partial charge in [-0.15, -0.1) is 0 Å². The minimum absolute atomic E-state index is 0.723. The fourth-order valence-electron chi connectivity index (χ4n) is 0.414. The van der Waals surface area contributed by atoms with Crippen LogP contribution in [-0.4, -0.2) is 9.97 Å². The van der Waals surface area contributed by atoms with Gasteiger partial charge in [-0.1, -0.05) is 0 Å². The van der Waals surface area contributed by atoms with Gasteiger partial charge < -0.3 is 4.98 Å². The molecule has 0 aromatic carbocycles. The molecule has 0 atom stereocenters. The number of aromatic amines is 1. The first-order valence-electron chi connectivity index (χ1n) is 5.65. The summed E-state index contributed by atoms with van der Waals surface area (Å²) in [4.78, 5) is 16.3. The molecule has 9 heavy (non-hydrogen) atoms. The van der Waals surface area contributed by atoms with E-state index in [1.807, 2.05) is 4.98 Å². The largest absolute Gasteiger partial charge is 0.311 e. The molecule has 1 heterocycles. The molecule has 1 rings (SSSR count). The highest BCUT2D eigenvalue weighted by molar-refractivity contribution is 4.98. The van der Waals surface area contributed by atoms with Crippen molar-refractivity contribution in [2.24, 2.45) is 0 Å². The molecule has 0 radical (unpaired) electrons. The zero-order chi connectivity index (χ0) is 12.7. The molecule has 48 valence electrons. The van der Waals surface area contributed by atoms with Crippen LogP contribution in [0.25, 0.3) is 0 Å². The first-order valence-corrected chi connectivity index (χ1v) is 2.15. The topological polar surface area (TPSA) is 45.8 Å². The zero-order valence-corrected chi connectivity index (χ0v) is 4.36. The third kappa shape index (κ3) is 1.38. The van der Waals surface area contributed by atoms with Crippen molar-refractivity contribution in [2.75, 3.05) is 0 Å². The highest BCUT2D eigenvalue weighted by Gasteiger charge is 1.88. The van der Waals surface area contributed by atoms with E-state index in [0.717, 1.165) is 0 Å². The molecular formula is C6H8N2O. The number of nitrogens with zero attached hydrogens (tertiary/aromatic N) is 1. The van der Waals surface area contributed by atoms with E-state index in [2.05, 4.69) is 4.98 Å². The summed E-state index contributed by atoms with van der Waals surface area (Å²) in [6.45, 7) is -5.50. The third-order valence-corrected chi connectivity index (χ3v) is 0.687. The number of nitrogens with one attached hydrogen (secondary N) is 1. The van der Waals surface area contributed by atoms with E-state index in [-0.39, 0.29) is 0 Å². The second kappa shape index (κ2) is 2.01. The van der Waals surface area contributed by atoms with Gasteiger partial charge in [0.1, 0.15) is 5.82 Å². The third-order valence-electron chi connectivity index (χ3n) is 0.687. The standard InChI is InChI=1S/C6H8N2O/c1-4-3-6(9)8-5(2)7-4/h3H,1-2H3,(H,7,8,9)/i1D3,2D3,3D. The fourth-order valence-corrected chi connectivity index (χ4v) is 0.414. The second-order valence-corrected chi connectivity index (χ2v) is 1.39. The van der Waals surface area contributed by atoms with Gasteiger partial charge in [-0.2, -0.15) is 0 Å². The van der Waals surface area contributed by atoms with Crippen molar-refractivity contribution < 1.29 is 9.60 Å². The lowest BCUT2D eigenvalue weighted by atomic mass is 10.4. The van der Waals surface area contributed by atoms with Gasteiger partial charge in [0.05, 0.1) is 1.37 Å². The molecule has 0 aliphatic heterocycles. The zero-order valence-electron chi connectivity index (χ0n) is 11.4. The maximum atomic E-state index is 11.2. The van der Waals surface area contributed by atoms with E-state index in [4.69, 9.17) is 9.60 Å². The van der Waals surface area contributed by atoms with Gasteiger partial charge in [0.2, 0.25) is 0 Å². The van der Waals surface area contributed by atoms with E-state index < -0.39 is 36.8 Å². The lowest BCUT2D eigenvalue weighted by molar-refractivity contribution is 0.982. The van der Waals surface area contributed by atoms with Crippen molar-refractivity contribution in [3.05, 3.63) is 27.9 Å². The van der Waals surface area contributed by atoms with Crippen molar-refractivity contribution in [3.63, 3.8) is 0 Å². The second-order valence-electron chi connectivity index (χ2n) is 1.39. The molecule has 1 aromatic rings. The normalized spacial score (nSPS) is 23.8. The summed E-state index contributed by atoms with van der Waals surface area (Å²) >= 11 is 0. The van der Waals surface area contributed by atoms with Crippen LogP contribution < -0.4 is 5.56 Å². The monoisotopic (exact) mass is 131 g/mol. The molecule has 1 N–H and O–H groups in total. The summed E-state index contributed by atoms with van der Waals surface area (Å²) in [5.41, 5.74) is -1.88. The molecular weight excluding hydrogens is 116 g/mol. The Balaban J connectivity index is 3.53. The molecule has 1 aromatic heterocycles. The molecule has 0 spiro atoms. The Bertz CT molecular complexity index is 457. The summed E-state index contributed by atoms with van der Waals surface area (Å²) in [5.74, 6) is -0.723. The van der Waals surface area contributed by atoms with Gasteiger partial charge in [0.25, 0.3) is 5.56 Å². The van der Waals surface area contributed by atoms with Crippen molar-refractivity contribution in [1.29, 1.82) is 0 Å². The Kier molecular flexibility index (Phi) is 0.376. The predicted octanol–water partition coefficient (Wildman–Crippen LogP) is 0.387. The van der Waals surface area contributed by atoms with E-state index in [0.29, 0.717) is 0 Å². The highest BCUT2D eigenvalue weighted by atomic mass is 16.1. The Morgan fingerprint density at radius 1 is 1.89 bits per heavy atom. The molecule has 0 fully saturated rings. The van der Waals surface area contributed by atoms with Gasteiger partial charge in [0.15, 0.2) is 0 Å². The predicted molar refractivity (Wildman–Crippen MR) is 34.3 cm³/mol. The molecule has 0 aliphatic carbocycles. The van der Waals surface area contributed by atoms with Crippen molar-refractivity contribution in [2.45, 2.75) is 13.7 Å². The van der Waals surface area contributed by atoms with Gasteiger partial charge in [-0.25, -0.2) is 4.98 Å². The number of hydrogen-bond donors (Lipinski definition) is 1. The number of aromatic nitrogens is 2.